The van der Waals surface area contributed by atoms with Gasteiger partial charge in [0.15, 0.2) is 0 Å². The fourth-order valence-electron chi connectivity index (χ4n) is 0.970. The molecule has 0 saturated heterocycles. The number of alkyl halides is 1. The second kappa shape index (κ2) is 4.68. The minimum atomic E-state index is 0.842. The highest BCUT2D eigenvalue weighted by molar-refractivity contribution is 9.09. The van der Waals surface area contributed by atoms with E-state index >= 15 is 0 Å². The number of aryl methyl sites for hydroxylation is 1. The highest BCUT2D eigenvalue weighted by Crippen LogP contribution is 2.21. The summed E-state index contributed by atoms with van der Waals surface area (Å²) in [6, 6.07) is 6.03. The molecule has 0 heterocycles. The number of hydrogen-bond acceptors (Lipinski definition) is 0. The lowest BCUT2D eigenvalue weighted by Gasteiger charge is -2.00. The minimum absolute atomic E-state index is 0.842. The van der Waals surface area contributed by atoms with Gasteiger partial charge in [0.25, 0.3) is 0 Å². The Bertz CT molecular complexity index is 292. The summed E-state index contributed by atoms with van der Waals surface area (Å²) in [5.41, 5.74) is 2.20. The van der Waals surface area contributed by atoms with Crippen LogP contribution in [0.15, 0.2) is 24.3 Å². The second-order valence-corrected chi connectivity index (χ2v) is 3.56. The average Bonchev–Trinajstić information content (AvgIpc) is 2.08. The molecule has 0 aliphatic rings. The van der Waals surface area contributed by atoms with E-state index in [1.165, 1.54) is 0 Å². The Morgan fingerprint density at radius 2 is 2.25 bits per heavy atom. The SMILES string of the molecule is Cc1cccc(C=CCBr)c1Cl. The van der Waals surface area contributed by atoms with Gasteiger partial charge in [0, 0.05) is 5.33 Å². The van der Waals surface area contributed by atoms with Crippen LogP contribution in [0, 0.1) is 6.92 Å². The molecule has 1 aromatic carbocycles. The van der Waals surface area contributed by atoms with Gasteiger partial charge in [0.05, 0.1) is 5.02 Å². The molecule has 0 bridgehead atoms. The topological polar surface area (TPSA) is 0 Å². The Hall–Kier alpha value is -0.270. The van der Waals surface area contributed by atoms with Crippen LogP contribution in [0.5, 0.6) is 0 Å². The molecular weight excluding hydrogens is 235 g/mol. The van der Waals surface area contributed by atoms with Gasteiger partial charge in [-0.15, -0.1) is 0 Å². The van der Waals surface area contributed by atoms with Gasteiger partial charge in [-0.1, -0.05) is 57.9 Å². The number of allylic oxidation sites excluding steroid dienone is 1. The van der Waals surface area contributed by atoms with Crippen molar-refractivity contribution in [1.82, 2.24) is 0 Å². The molecule has 0 spiro atoms. The van der Waals surface area contributed by atoms with E-state index in [1.807, 2.05) is 37.3 Å². The van der Waals surface area contributed by atoms with Gasteiger partial charge in [0.1, 0.15) is 0 Å². The Morgan fingerprint density at radius 1 is 1.50 bits per heavy atom. The van der Waals surface area contributed by atoms with Crippen LogP contribution in [0.2, 0.25) is 5.02 Å². The molecule has 0 unspecified atom stereocenters. The first kappa shape index (κ1) is 9.82. The monoisotopic (exact) mass is 244 g/mol. The second-order valence-electron chi connectivity index (χ2n) is 2.53. The van der Waals surface area contributed by atoms with E-state index in [0.717, 1.165) is 21.5 Å². The Balaban J connectivity index is 3.00. The van der Waals surface area contributed by atoms with E-state index in [1.54, 1.807) is 0 Å². The maximum absolute atomic E-state index is 6.06. The lowest BCUT2D eigenvalue weighted by Crippen LogP contribution is -1.79. The summed E-state index contributed by atoms with van der Waals surface area (Å²) in [6.07, 6.45) is 4.05. The fourth-order valence-corrected chi connectivity index (χ4v) is 1.35. The number of rotatable bonds is 2. The van der Waals surface area contributed by atoms with Crippen molar-refractivity contribution in [3.05, 3.63) is 40.4 Å². The zero-order valence-electron chi connectivity index (χ0n) is 6.85. The van der Waals surface area contributed by atoms with Crippen LogP contribution in [0.4, 0.5) is 0 Å². The summed E-state index contributed by atoms with van der Waals surface area (Å²) in [5.74, 6) is 0. The van der Waals surface area contributed by atoms with E-state index in [4.69, 9.17) is 11.6 Å². The molecule has 0 N–H and O–H groups in total. The zero-order chi connectivity index (χ0) is 8.97. The van der Waals surface area contributed by atoms with Gasteiger partial charge < -0.3 is 0 Å². The van der Waals surface area contributed by atoms with Crippen molar-refractivity contribution in [3.8, 4) is 0 Å². The quantitative estimate of drug-likeness (QED) is 0.690. The van der Waals surface area contributed by atoms with E-state index in [-0.39, 0.29) is 0 Å². The smallest absolute Gasteiger partial charge is 0.0507 e. The predicted molar refractivity (Wildman–Crippen MR) is 59.0 cm³/mol. The molecule has 0 aromatic heterocycles. The number of halogens is 2. The molecule has 0 aliphatic carbocycles. The highest BCUT2D eigenvalue weighted by atomic mass is 79.9. The molecule has 0 nitrogen and oxygen atoms in total. The third-order valence-corrected chi connectivity index (χ3v) is 2.50. The molecule has 64 valence electrons. The maximum Gasteiger partial charge on any atom is 0.0507 e. The molecule has 0 radical (unpaired) electrons. The summed E-state index contributed by atoms with van der Waals surface area (Å²) < 4.78 is 0. The minimum Gasteiger partial charge on any atom is -0.0883 e. The lowest BCUT2D eigenvalue weighted by molar-refractivity contribution is 1.46. The van der Waals surface area contributed by atoms with E-state index < -0.39 is 0 Å². The van der Waals surface area contributed by atoms with Crippen LogP contribution in [0.1, 0.15) is 11.1 Å². The molecule has 0 amide bonds. The zero-order valence-corrected chi connectivity index (χ0v) is 9.19. The van der Waals surface area contributed by atoms with Crippen LogP contribution in [-0.4, -0.2) is 5.33 Å². The van der Waals surface area contributed by atoms with E-state index in [2.05, 4.69) is 15.9 Å². The van der Waals surface area contributed by atoms with Crippen LogP contribution < -0.4 is 0 Å². The first-order valence-electron chi connectivity index (χ1n) is 3.73. The van der Waals surface area contributed by atoms with Gasteiger partial charge in [-0.3, -0.25) is 0 Å². The van der Waals surface area contributed by atoms with Crippen molar-refractivity contribution in [3.63, 3.8) is 0 Å². The summed E-state index contributed by atoms with van der Waals surface area (Å²) in [7, 11) is 0. The van der Waals surface area contributed by atoms with Crippen LogP contribution in [0.3, 0.4) is 0 Å². The average molecular weight is 246 g/mol. The Morgan fingerprint density at radius 3 is 2.92 bits per heavy atom. The fraction of sp³-hybridized carbons (Fsp3) is 0.200. The largest absolute Gasteiger partial charge is 0.0883 e. The number of benzene rings is 1. The van der Waals surface area contributed by atoms with Gasteiger partial charge >= 0.3 is 0 Å². The van der Waals surface area contributed by atoms with Crippen molar-refractivity contribution in [2.24, 2.45) is 0 Å². The first-order chi connectivity index (χ1) is 5.75. The van der Waals surface area contributed by atoms with Crippen molar-refractivity contribution in [2.45, 2.75) is 6.92 Å². The normalized spacial score (nSPS) is 10.9. The molecule has 0 fully saturated rings. The summed E-state index contributed by atoms with van der Waals surface area (Å²) in [5, 5.41) is 1.70. The molecular formula is C10H10BrCl. The van der Waals surface area contributed by atoms with Crippen molar-refractivity contribution >= 4 is 33.6 Å². The summed E-state index contributed by atoms with van der Waals surface area (Å²) in [6.45, 7) is 2.01. The Kier molecular flexibility index (Phi) is 3.83. The molecule has 1 rings (SSSR count). The standard InChI is InChI=1S/C10H10BrCl/c1-8-4-2-5-9(10(8)12)6-3-7-11/h2-6H,7H2,1H3. The van der Waals surface area contributed by atoms with Crippen molar-refractivity contribution in [1.29, 1.82) is 0 Å². The Labute approximate surface area is 86.4 Å². The van der Waals surface area contributed by atoms with E-state index in [9.17, 15) is 0 Å². The molecule has 2 heteroatoms. The summed E-state index contributed by atoms with van der Waals surface area (Å²) >= 11 is 9.38. The van der Waals surface area contributed by atoms with Gasteiger partial charge in [-0.05, 0) is 18.1 Å². The van der Waals surface area contributed by atoms with Crippen molar-refractivity contribution < 1.29 is 0 Å². The number of hydrogen-bond donors (Lipinski definition) is 0. The van der Waals surface area contributed by atoms with Crippen LogP contribution >= 0.6 is 27.5 Å². The van der Waals surface area contributed by atoms with Crippen molar-refractivity contribution in [2.75, 3.05) is 5.33 Å². The highest BCUT2D eigenvalue weighted by Gasteiger charge is 1.97. The lowest BCUT2D eigenvalue weighted by atomic mass is 10.1. The van der Waals surface area contributed by atoms with Crippen LogP contribution in [0.25, 0.3) is 6.08 Å². The van der Waals surface area contributed by atoms with Gasteiger partial charge in [-0.2, -0.15) is 0 Å². The van der Waals surface area contributed by atoms with Gasteiger partial charge in [0.2, 0.25) is 0 Å². The third kappa shape index (κ3) is 2.36. The third-order valence-electron chi connectivity index (χ3n) is 1.61. The van der Waals surface area contributed by atoms with Gasteiger partial charge in [-0.25, -0.2) is 0 Å². The molecule has 0 aliphatic heterocycles. The molecule has 12 heavy (non-hydrogen) atoms. The summed E-state index contributed by atoms with van der Waals surface area (Å²) in [4.78, 5) is 0. The maximum atomic E-state index is 6.06. The van der Waals surface area contributed by atoms with Crippen LogP contribution in [-0.2, 0) is 0 Å². The first-order valence-corrected chi connectivity index (χ1v) is 5.23. The molecule has 1 aromatic rings. The molecule has 0 saturated carbocycles. The molecule has 0 atom stereocenters. The predicted octanol–water partition coefficient (Wildman–Crippen LogP) is 4.06. The van der Waals surface area contributed by atoms with E-state index in [0.29, 0.717) is 0 Å².